The van der Waals surface area contributed by atoms with Crippen molar-refractivity contribution in [1.29, 1.82) is 0 Å². The molecule has 0 aliphatic heterocycles. The third-order valence-corrected chi connectivity index (χ3v) is 7.22. The summed E-state index contributed by atoms with van der Waals surface area (Å²) in [6.45, 7) is 1.76. The standard InChI is InChI=1S/C30H26N2O3S2/c1-19(33)37-27-16-14-23(15-17-27)22-6-12-26(13-7-22)30-32-31-29(35-30)25-10-4-21(5-11-25)20-2-8-24(9-3-20)28(34)18-36/h2-17,19,28,33-34,36H,18H2,1H3. The minimum Gasteiger partial charge on any atom is -0.416 e. The van der Waals surface area contributed by atoms with Crippen LogP contribution in [0.25, 0.3) is 45.2 Å². The molecule has 0 saturated heterocycles. The number of aromatic nitrogens is 2. The van der Waals surface area contributed by atoms with Gasteiger partial charge in [0.15, 0.2) is 0 Å². The van der Waals surface area contributed by atoms with E-state index in [1.54, 1.807) is 6.92 Å². The van der Waals surface area contributed by atoms with Crippen molar-refractivity contribution in [3.8, 4) is 45.2 Å². The number of aliphatic hydroxyl groups is 2. The van der Waals surface area contributed by atoms with Crippen LogP contribution in [0.5, 0.6) is 0 Å². The van der Waals surface area contributed by atoms with Gasteiger partial charge in [-0.25, -0.2) is 0 Å². The normalized spacial score (nSPS) is 12.9. The Kier molecular flexibility index (Phi) is 7.76. The summed E-state index contributed by atoms with van der Waals surface area (Å²) < 4.78 is 5.97. The Morgan fingerprint density at radius 3 is 1.43 bits per heavy atom. The molecular formula is C30H26N2O3S2. The van der Waals surface area contributed by atoms with Crippen molar-refractivity contribution in [3.05, 3.63) is 103 Å². The summed E-state index contributed by atoms with van der Waals surface area (Å²) in [5.74, 6) is 1.32. The van der Waals surface area contributed by atoms with E-state index in [9.17, 15) is 10.2 Å². The predicted octanol–water partition coefficient (Wildman–Crippen LogP) is 7.13. The van der Waals surface area contributed by atoms with Gasteiger partial charge in [-0.2, -0.15) is 12.6 Å². The van der Waals surface area contributed by atoms with E-state index in [1.165, 1.54) is 11.8 Å². The first-order valence-corrected chi connectivity index (χ1v) is 13.4. The molecule has 4 aromatic carbocycles. The highest BCUT2D eigenvalue weighted by molar-refractivity contribution is 7.99. The summed E-state index contributed by atoms with van der Waals surface area (Å²) in [4.78, 5) is 1.03. The average Bonchev–Trinajstić information content (AvgIpc) is 3.43. The summed E-state index contributed by atoms with van der Waals surface area (Å²) in [7, 11) is 0. The van der Waals surface area contributed by atoms with E-state index in [-0.39, 0.29) is 0 Å². The Labute approximate surface area is 225 Å². The van der Waals surface area contributed by atoms with Crippen LogP contribution >= 0.6 is 24.4 Å². The van der Waals surface area contributed by atoms with Gasteiger partial charge in [-0.05, 0) is 71.1 Å². The van der Waals surface area contributed by atoms with Crippen molar-refractivity contribution in [2.45, 2.75) is 23.4 Å². The molecule has 2 atom stereocenters. The average molecular weight is 527 g/mol. The highest BCUT2D eigenvalue weighted by atomic mass is 32.2. The summed E-state index contributed by atoms with van der Waals surface area (Å²) in [6, 6.07) is 31.9. The van der Waals surface area contributed by atoms with Crippen LogP contribution < -0.4 is 0 Å². The van der Waals surface area contributed by atoms with Crippen LogP contribution in [0.15, 0.2) is 106 Å². The van der Waals surface area contributed by atoms with Gasteiger partial charge in [-0.15, -0.1) is 10.2 Å². The second-order valence-electron chi connectivity index (χ2n) is 8.63. The van der Waals surface area contributed by atoms with Gasteiger partial charge in [0.2, 0.25) is 11.8 Å². The van der Waals surface area contributed by atoms with Crippen LogP contribution in [0.4, 0.5) is 0 Å². The molecule has 0 fully saturated rings. The predicted molar refractivity (Wildman–Crippen MR) is 152 cm³/mol. The molecule has 0 aliphatic rings. The van der Waals surface area contributed by atoms with Crippen molar-refractivity contribution in [2.24, 2.45) is 0 Å². The summed E-state index contributed by atoms with van der Waals surface area (Å²) in [6.07, 6.45) is -0.560. The highest BCUT2D eigenvalue weighted by Crippen LogP contribution is 2.30. The van der Waals surface area contributed by atoms with Crippen LogP contribution in [-0.2, 0) is 0 Å². The smallest absolute Gasteiger partial charge is 0.248 e. The zero-order valence-corrected chi connectivity index (χ0v) is 21.9. The number of benzene rings is 4. The van der Waals surface area contributed by atoms with Crippen molar-refractivity contribution in [3.63, 3.8) is 0 Å². The van der Waals surface area contributed by atoms with Crippen LogP contribution in [0.1, 0.15) is 18.6 Å². The Hall–Kier alpha value is -3.36. The van der Waals surface area contributed by atoms with Crippen molar-refractivity contribution < 1.29 is 14.6 Å². The van der Waals surface area contributed by atoms with Gasteiger partial charge in [0, 0.05) is 21.8 Å². The van der Waals surface area contributed by atoms with Crippen LogP contribution in [0, 0.1) is 0 Å². The largest absolute Gasteiger partial charge is 0.416 e. The van der Waals surface area contributed by atoms with Crippen LogP contribution in [-0.4, -0.2) is 31.6 Å². The molecule has 2 unspecified atom stereocenters. The number of thioether (sulfide) groups is 1. The zero-order valence-electron chi connectivity index (χ0n) is 20.2. The van der Waals surface area contributed by atoms with Crippen molar-refractivity contribution in [2.75, 3.05) is 5.75 Å². The van der Waals surface area contributed by atoms with E-state index in [1.807, 2.05) is 97.1 Å². The Balaban J connectivity index is 1.28. The monoisotopic (exact) mass is 526 g/mol. The van der Waals surface area contributed by atoms with Crippen molar-refractivity contribution >= 4 is 24.4 Å². The fourth-order valence-electron chi connectivity index (χ4n) is 3.99. The Bertz CT molecular complexity index is 1450. The second-order valence-corrected chi connectivity index (χ2v) is 10.4. The van der Waals surface area contributed by atoms with E-state index < -0.39 is 11.5 Å². The van der Waals surface area contributed by atoms with Gasteiger partial charge in [0.25, 0.3) is 0 Å². The lowest BCUT2D eigenvalue weighted by molar-refractivity contribution is 0.204. The zero-order chi connectivity index (χ0) is 25.8. The van der Waals surface area contributed by atoms with Crippen molar-refractivity contribution in [1.82, 2.24) is 10.2 Å². The maximum absolute atomic E-state index is 9.93. The van der Waals surface area contributed by atoms with Crippen LogP contribution in [0.2, 0.25) is 0 Å². The molecule has 0 radical (unpaired) electrons. The van der Waals surface area contributed by atoms with Gasteiger partial charge in [-0.1, -0.05) is 72.4 Å². The van der Waals surface area contributed by atoms with Gasteiger partial charge < -0.3 is 14.6 Å². The van der Waals surface area contributed by atoms with E-state index in [4.69, 9.17) is 4.42 Å². The number of thiol groups is 1. The number of rotatable bonds is 8. The second kappa shape index (κ2) is 11.4. The third-order valence-electron chi connectivity index (χ3n) is 5.98. The molecule has 186 valence electrons. The molecule has 5 nitrogen and oxygen atoms in total. The number of aliphatic hydroxyl groups excluding tert-OH is 2. The maximum atomic E-state index is 9.93. The quantitative estimate of drug-likeness (QED) is 0.113. The minimum atomic E-state index is -0.560. The molecule has 0 bridgehead atoms. The van der Waals surface area contributed by atoms with E-state index >= 15 is 0 Å². The molecule has 0 saturated carbocycles. The number of nitrogens with zero attached hydrogens (tertiary/aromatic N) is 2. The Morgan fingerprint density at radius 1 is 0.649 bits per heavy atom. The lowest BCUT2D eigenvalue weighted by Gasteiger charge is -2.09. The van der Waals surface area contributed by atoms with Gasteiger partial charge in [-0.3, -0.25) is 0 Å². The molecule has 0 spiro atoms. The molecule has 7 heteroatoms. The van der Waals surface area contributed by atoms with Crippen LogP contribution in [0.3, 0.4) is 0 Å². The van der Waals surface area contributed by atoms with Gasteiger partial charge >= 0.3 is 0 Å². The topological polar surface area (TPSA) is 79.4 Å². The molecule has 5 rings (SSSR count). The molecule has 2 N–H and O–H groups in total. The first kappa shape index (κ1) is 25.3. The summed E-state index contributed by atoms with van der Waals surface area (Å²) >= 11 is 5.57. The number of hydrogen-bond donors (Lipinski definition) is 3. The molecule has 5 aromatic rings. The first-order valence-electron chi connectivity index (χ1n) is 11.9. The molecule has 1 heterocycles. The first-order chi connectivity index (χ1) is 18.0. The molecule has 1 aromatic heterocycles. The molecular weight excluding hydrogens is 500 g/mol. The summed E-state index contributed by atoms with van der Waals surface area (Å²) in [5.41, 5.74) is 6.42. The maximum Gasteiger partial charge on any atom is 0.248 e. The lowest BCUT2D eigenvalue weighted by Crippen LogP contribution is -1.97. The fourth-order valence-corrected chi connectivity index (χ4v) is 4.89. The fraction of sp³-hybridized carbons (Fsp3) is 0.133. The molecule has 37 heavy (non-hydrogen) atoms. The van der Waals surface area contributed by atoms with E-state index in [0.29, 0.717) is 17.5 Å². The Morgan fingerprint density at radius 2 is 1.03 bits per heavy atom. The SMILES string of the molecule is CC(O)Sc1ccc(-c2ccc(-c3nnc(-c4ccc(-c5ccc(C(O)CS)cc5)cc4)o3)cc2)cc1. The molecule has 0 aliphatic carbocycles. The molecule has 0 amide bonds. The van der Waals surface area contributed by atoms with Gasteiger partial charge in [0.1, 0.15) is 5.44 Å². The minimum absolute atomic E-state index is 0.392. The van der Waals surface area contributed by atoms with E-state index in [2.05, 4.69) is 22.8 Å². The third kappa shape index (κ3) is 5.97. The number of hydrogen-bond acceptors (Lipinski definition) is 7. The lowest BCUT2D eigenvalue weighted by atomic mass is 10.0. The summed E-state index contributed by atoms with van der Waals surface area (Å²) in [5, 5.41) is 27.9. The van der Waals surface area contributed by atoms with E-state index in [0.717, 1.165) is 43.8 Å². The van der Waals surface area contributed by atoms with Gasteiger partial charge in [0.05, 0.1) is 6.10 Å². The highest BCUT2D eigenvalue weighted by Gasteiger charge is 2.12.